The highest BCUT2D eigenvalue weighted by Crippen LogP contribution is 2.24. The molecule has 6 heteroatoms. The Kier molecular flexibility index (Phi) is 5.11. The van der Waals surface area contributed by atoms with Crippen molar-refractivity contribution < 1.29 is 13.5 Å². The largest absolute Gasteiger partial charge is 0.435 e. The summed E-state index contributed by atoms with van der Waals surface area (Å²) in [5.74, 6) is 0.870. The molecular formula is C14H18F2N2OS. The van der Waals surface area contributed by atoms with Gasteiger partial charge >= 0.3 is 6.61 Å². The molecule has 2 unspecified atom stereocenters. The first-order chi connectivity index (χ1) is 9.52. The molecule has 0 aliphatic heterocycles. The van der Waals surface area contributed by atoms with Crippen LogP contribution in [0.25, 0.3) is 0 Å². The molecule has 1 aromatic carbocycles. The molecule has 2 N–H and O–H groups in total. The minimum atomic E-state index is -2.80. The van der Waals surface area contributed by atoms with Crippen molar-refractivity contribution in [2.24, 2.45) is 5.92 Å². The Balaban J connectivity index is 1.82. The second-order valence-corrected chi connectivity index (χ2v) is 5.52. The molecule has 0 radical (unpaired) electrons. The van der Waals surface area contributed by atoms with Crippen LogP contribution in [0.2, 0.25) is 0 Å². The molecule has 1 saturated carbocycles. The Morgan fingerprint density at radius 3 is 2.55 bits per heavy atom. The van der Waals surface area contributed by atoms with E-state index in [-0.39, 0.29) is 5.75 Å². The summed E-state index contributed by atoms with van der Waals surface area (Å²) in [6.07, 6.45) is 3.48. The fourth-order valence-electron chi connectivity index (χ4n) is 2.41. The normalized spacial score (nSPS) is 21.8. The number of hydrogen-bond acceptors (Lipinski definition) is 2. The van der Waals surface area contributed by atoms with E-state index in [1.54, 1.807) is 12.1 Å². The fraction of sp³-hybridized carbons (Fsp3) is 0.500. The van der Waals surface area contributed by atoms with E-state index < -0.39 is 6.61 Å². The van der Waals surface area contributed by atoms with Crippen molar-refractivity contribution in [3.63, 3.8) is 0 Å². The Labute approximate surface area is 122 Å². The van der Waals surface area contributed by atoms with Crippen LogP contribution in [0.4, 0.5) is 14.5 Å². The quantitative estimate of drug-likeness (QED) is 0.830. The van der Waals surface area contributed by atoms with Crippen LogP contribution in [0.15, 0.2) is 24.3 Å². The number of rotatable bonds is 4. The smallest absolute Gasteiger partial charge is 0.387 e. The van der Waals surface area contributed by atoms with Crippen LogP contribution in [-0.4, -0.2) is 17.8 Å². The van der Waals surface area contributed by atoms with E-state index in [2.05, 4.69) is 22.3 Å². The van der Waals surface area contributed by atoms with Crippen LogP contribution in [0.1, 0.15) is 26.2 Å². The highest BCUT2D eigenvalue weighted by molar-refractivity contribution is 7.80. The third-order valence-corrected chi connectivity index (χ3v) is 3.59. The van der Waals surface area contributed by atoms with Crippen molar-refractivity contribution in [2.45, 2.75) is 38.8 Å². The molecule has 1 aliphatic rings. The van der Waals surface area contributed by atoms with E-state index in [1.165, 1.54) is 18.6 Å². The van der Waals surface area contributed by atoms with Gasteiger partial charge in [-0.1, -0.05) is 6.92 Å². The second kappa shape index (κ2) is 6.83. The standard InChI is InChI=1S/C14H18F2N2OS/c1-9-2-3-11(8-9)18-14(20)17-10-4-6-12(7-5-10)19-13(15)16/h4-7,9,11,13H,2-3,8H2,1H3,(H2,17,18,20). The molecule has 0 spiro atoms. The summed E-state index contributed by atoms with van der Waals surface area (Å²) < 4.78 is 28.3. The van der Waals surface area contributed by atoms with Gasteiger partial charge in [0.2, 0.25) is 0 Å². The Bertz CT molecular complexity index is 453. The first-order valence-electron chi connectivity index (χ1n) is 6.65. The maximum atomic E-state index is 12.0. The van der Waals surface area contributed by atoms with Crippen LogP contribution < -0.4 is 15.4 Å². The van der Waals surface area contributed by atoms with Crippen LogP contribution >= 0.6 is 12.2 Å². The molecule has 1 aromatic rings. The molecule has 0 bridgehead atoms. The lowest BCUT2D eigenvalue weighted by Crippen LogP contribution is -2.36. The summed E-state index contributed by atoms with van der Waals surface area (Å²) in [7, 11) is 0. The molecular weight excluding hydrogens is 282 g/mol. The second-order valence-electron chi connectivity index (χ2n) is 5.12. The van der Waals surface area contributed by atoms with Gasteiger partial charge in [0.15, 0.2) is 5.11 Å². The molecule has 1 fully saturated rings. The van der Waals surface area contributed by atoms with Gasteiger partial charge in [0.05, 0.1) is 0 Å². The summed E-state index contributed by atoms with van der Waals surface area (Å²) in [5, 5.41) is 6.88. The summed E-state index contributed by atoms with van der Waals surface area (Å²) in [5.41, 5.74) is 0.746. The number of alkyl halides is 2. The molecule has 110 valence electrons. The average Bonchev–Trinajstić information content (AvgIpc) is 2.76. The zero-order valence-corrected chi connectivity index (χ0v) is 12.1. The predicted octanol–water partition coefficient (Wildman–Crippen LogP) is 3.76. The first-order valence-corrected chi connectivity index (χ1v) is 7.06. The van der Waals surface area contributed by atoms with Crippen molar-refractivity contribution in [1.82, 2.24) is 5.32 Å². The van der Waals surface area contributed by atoms with Crippen molar-refractivity contribution in [3.8, 4) is 5.75 Å². The van der Waals surface area contributed by atoms with Crippen molar-refractivity contribution in [3.05, 3.63) is 24.3 Å². The van der Waals surface area contributed by atoms with E-state index in [4.69, 9.17) is 12.2 Å². The summed E-state index contributed by atoms with van der Waals surface area (Å²) in [6.45, 7) is -0.569. The van der Waals surface area contributed by atoms with Crippen LogP contribution in [0.5, 0.6) is 5.75 Å². The monoisotopic (exact) mass is 300 g/mol. The molecule has 20 heavy (non-hydrogen) atoms. The highest BCUT2D eigenvalue weighted by Gasteiger charge is 2.21. The predicted molar refractivity (Wildman–Crippen MR) is 79.2 cm³/mol. The Morgan fingerprint density at radius 2 is 2.00 bits per heavy atom. The van der Waals surface area contributed by atoms with Gasteiger partial charge in [-0.3, -0.25) is 0 Å². The maximum absolute atomic E-state index is 12.0. The Hall–Kier alpha value is -1.43. The molecule has 0 amide bonds. The molecule has 2 atom stereocenters. The minimum Gasteiger partial charge on any atom is -0.435 e. The van der Waals surface area contributed by atoms with Crippen LogP contribution in [-0.2, 0) is 0 Å². The van der Waals surface area contributed by atoms with Crippen molar-refractivity contribution >= 4 is 23.0 Å². The number of benzene rings is 1. The molecule has 0 heterocycles. The number of thiocarbonyl (C=S) groups is 1. The maximum Gasteiger partial charge on any atom is 0.387 e. The number of hydrogen-bond donors (Lipinski definition) is 2. The third-order valence-electron chi connectivity index (χ3n) is 3.37. The van der Waals surface area contributed by atoms with E-state index in [9.17, 15) is 8.78 Å². The highest BCUT2D eigenvalue weighted by atomic mass is 32.1. The zero-order valence-electron chi connectivity index (χ0n) is 11.2. The van der Waals surface area contributed by atoms with Gasteiger partial charge in [0.1, 0.15) is 5.75 Å². The average molecular weight is 300 g/mol. The summed E-state index contributed by atoms with van der Waals surface area (Å²) in [6, 6.07) is 6.70. The molecule has 0 saturated heterocycles. The van der Waals surface area contributed by atoms with E-state index >= 15 is 0 Å². The van der Waals surface area contributed by atoms with Gasteiger partial charge in [0, 0.05) is 11.7 Å². The van der Waals surface area contributed by atoms with Crippen molar-refractivity contribution in [2.75, 3.05) is 5.32 Å². The van der Waals surface area contributed by atoms with Gasteiger partial charge in [-0.2, -0.15) is 8.78 Å². The van der Waals surface area contributed by atoms with E-state index in [0.29, 0.717) is 11.2 Å². The lowest BCUT2D eigenvalue weighted by Gasteiger charge is -2.16. The van der Waals surface area contributed by atoms with Gasteiger partial charge in [0.25, 0.3) is 0 Å². The summed E-state index contributed by atoms with van der Waals surface area (Å²) >= 11 is 5.24. The van der Waals surface area contributed by atoms with Gasteiger partial charge in [-0.05, 0) is 61.7 Å². The molecule has 0 aromatic heterocycles. The number of nitrogens with one attached hydrogen (secondary N) is 2. The van der Waals surface area contributed by atoms with Gasteiger partial charge in [-0.25, -0.2) is 0 Å². The van der Waals surface area contributed by atoms with Crippen LogP contribution in [0.3, 0.4) is 0 Å². The van der Waals surface area contributed by atoms with E-state index in [0.717, 1.165) is 24.4 Å². The first kappa shape index (κ1) is 15.0. The summed E-state index contributed by atoms with van der Waals surface area (Å²) in [4.78, 5) is 0. The number of ether oxygens (including phenoxy) is 1. The van der Waals surface area contributed by atoms with Crippen molar-refractivity contribution in [1.29, 1.82) is 0 Å². The lowest BCUT2D eigenvalue weighted by molar-refractivity contribution is -0.0498. The number of anilines is 1. The molecule has 1 aliphatic carbocycles. The minimum absolute atomic E-state index is 0.133. The molecule has 2 rings (SSSR count). The fourth-order valence-corrected chi connectivity index (χ4v) is 2.69. The zero-order chi connectivity index (χ0) is 14.5. The lowest BCUT2D eigenvalue weighted by atomic mass is 10.1. The van der Waals surface area contributed by atoms with Gasteiger partial charge in [-0.15, -0.1) is 0 Å². The molecule has 3 nitrogen and oxygen atoms in total. The SMILES string of the molecule is CC1CCC(NC(=S)Nc2ccc(OC(F)F)cc2)C1. The third kappa shape index (κ3) is 4.59. The van der Waals surface area contributed by atoms with Crippen LogP contribution in [0, 0.1) is 5.92 Å². The topological polar surface area (TPSA) is 33.3 Å². The Morgan fingerprint density at radius 1 is 1.30 bits per heavy atom. The van der Waals surface area contributed by atoms with Gasteiger partial charge < -0.3 is 15.4 Å². The number of halogens is 2. The van der Waals surface area contributed by atoms with E-state index in [1.807, 2.05) is 0 Å².